The van der Waals surface area contributed by atoms with Crippen molar-refractivity contribution < 1.29 is 19.2 Å². The molecule has 1 saturated heterocycles. The molecule has 2 amide bonds. The highest BCUT2D eigenvalue weighted by molar-refractivity contribution is 5.90. The second-order valence-electron chi connectivity index (χ2n) is 7.80. The van der Waals surface area contributed by atoms with E-state index in [1.54, 1.807) is 6.92 Å². The van der Waals surface area contributed by atoms with E-state index >= 15 is 0 Å². The Bertz CT molecular complexity index is 713. The van der Waals surface area contributed by atoms with Crippen LogP contribution < -0.4 is 16.1 Å². The minimum Gasteiger partial charge on any atom is -0.357 e. The quantitative estimate of drug-likeness (QED) is 0.417. The first-order valence-electron chi connectivity index (χ1n) is 10.7. The molecule has 1 unspecified atom stereocenters. The number of anilines is 1. The molecule has 9 heteroatoms. The first kappa shape index (κ1) is 22.2. The summed E-state index contributed by atoms with van der Waals surface area (Å²) in [5.74, 6) is 0.648. The molecule has 1 aromatic heterocycles. The third-order valence-electron chi connectivity index (χ3n) is 5.30. The average Bonchev–Trinajstić information content (AvgIpc) is 3.30. The summed E-state index contributed by atoms with van der Waals surface area (Å²) in [5.41, 5.74) is 2.87. The van der Waals surface area contributed by atoms with Gasteiger partial charge in [-0.2, -0.15) is 0 Å². The molecular weight excluding hydrogens is 386 g/mol. The normalized spacial score (nSPS) is 20.8. The monoisotopic (exact) mass is 417 g/mol. The van der Waals surface area contributed by atoms with Gasteiger partial charge in [-0.25, -0.2) is 15.3 Å². The topological polar surface area (TPSA) is 114 Å². The molecule has 3 rings (SSSR count). The van der Waals surface area contributed by atoms with E-state index in [0.717, 1.165) is 25.8 Å². The van der Waals surface area contributed by atoms with Crippen molar-refractivity contribution in [3.05, 3.63) is 24.2 Å². The van der Waals surface area contributed by atoms with Crippen molar-refractivity contribution >= 4 is 23.7 Å². The molecule has 1 saturated carbocycles. The maximum atomic E-state index is 12.2. The number of aromatic nitrogens is 2. The van der Waals surface area contributed by atoms with E-state index in [4.69, 9.17) is 9.57 Å². The van der Waals surface area contributed by atoms with Gasteiger partial charge in [0.2, 0.25) is 5.91 Å². The molecule has 3 N–H and O–H groups in total. The standard InChI is InChI=1S/C21H31N5O4/c1-15(21(28)24-12-16-6-2-3-7-16)25-18-14-22-17(13-23-18)9-10-19(27)26-30-20-8-4-5-11-29-20/h9-10,13-16,20H,2-8,11-12H2,1H3,(H,23,25)(H,24,28)(H,26,27)/t15-,20?/m1/s1. The Labute approximate surface area is 177 Å². The molecule has 2 aliphatic rings. The number of amides is 2. The van der Waals surface area contributed by atoms with Crippen molar-refractivity contribution in [1.29, 1.82) is 0 Å². The zero-order chi connectivity index (χ0) is 21.2. The molecule has 1 aliphatic heterocycles. The van der Waals surface area contributed by atoms with Crippen LogP contribution in [0, 0.1) is 5.92 Å². The first-order valence-corrected chi connectivity index (χ1v) is 10.7. The lowest BCUT2D eigenvalue weighted by Gasteiger charge is -2.21. The summed E-state index contributed by atoms with van der Waals surface area (Å²) in [5, 5.41) is 6.04. The molecule has 1 aliphatic carbocycles. The van der Waals surface area contributed by atoms with Crippen molar-refractivity contribution in [3.63, 3.8) is 0 Å². The molecule has 164 valence electrons. The van der Waals surface area contributed by atoms with Crippen molar-refractivity contribution in [1.82, 2.24) is 20.8 Å². The SMILES string of the molecule is C[C@@H](Nc1cnc(C=CC(=O)NOC2CCCCO2)cn1)C(=O)NCC1CCCC1. The fraction of sp³-hybridized carbons (Fsp3) is 0.619. The smallest absolute Gasteiger partial charge is 0.267 e. The molecule has 2 fully saturated rings. The molecule has 0 aromatic carbocycles. The Morgan fingerprint density at radius 2 is 2.00 bits per heavy atom. The van der Waals surface area contributed by atoms with Gasteiger partial charge in [-0.1, -0.05) is 12.8 Å². The van der Waals surface area contributed by atoms with E-state index in [2.05, 4.69) is 26.1 Å². The zero-order valence-corrected chi connectivity index (χ0v) is 17.4. The van der Waals surface area contributed by atoms with E-state index in [-0.39, 0.29) is 5.91 Å². The van der Waals surface area contributed by atoms with Gasteiger partial charge in [0.1, 0.15) is 11.9 Å². The van der Waals surface area contributed by atoms with E-state index in [1.807, 2.05) is 0 Å². The summed E-state index contributed by atoms with van der Waals surface area (Å²) < 4.78 is 5.37. The van der Waals surface area contributed by atoms with E-state index in [1.165, 1.54) is 50.2 Å². The van der Waals surface area contributed by atoms with Gasteiger partial charge in [-0.15, -0.1) is 0 Å². The molecular formula is C21H31N5O4. The zero-order valence-electron chi connectivity index (χ0n) is 17.4. The molecule has 0 bridgehead atoms. The van der Waals surface area contributed by atoms with Gasteiger partial charge in [0.25, 0.3) is 5.91 Å². The van der Waals surface area contributed by atoms with Crippen LogP contribution in [0.3, 0.4) is 0 Å². The van der Waals surface area contributed by atoms with Crippen LogP contribution in [0.4, 0.5) is 5.82 Å². The van der Waals surface area contributed by atoms with Crippen LogP contribution in [0.15, 0.2) is 18.5 Å². The van der Waals surface area contributed by atoms with Crippen LogP contribution in [0.1, 0.15) is 57.6 Å². The summed E-state index contributed by atoms with van der Waals surface area (Å²) in [6, 6.07) is -0.410. The maximum Gasteiger partial charge on any atom is 0.267 e. The third-order valence-corrected chi connectivity index (χ3v) is 5.30. The average molecular weight is 418 g/mol. The van der Waals surface area contributed by atoms with Crippen molar-refractivity contribution in [2.24, 2.45) is 5.92 Å². The van der Waals surface area contributed by atoms with Gasteiger partial charge >= 0.3 is 0 Å². The number of carbonyl (C=O) groups is 2. The number of nitrogens with zero attached hydrogens (tertiary/aromatic N) is 2. The minimum absolute atomic E-state index is 0.0497. The molecule has 0 spiro atoms. The fourth-order valence-electron chi connectivity index (χ4n) is 3.52. The van der Waals surface area contributed by atoms with Gasteiger partial charge in [0.15, 0.2) is 6.29 Å². The summed E-state index contributed by atoms with van der Waals surface area (Å²) in [6.45, 7) is 3.17. The molecule has 30 heavy (non-hydrogen) atoms. The maximum absolute atomic E-state index is 12.2. The van der Waals surface area contributed by atoms with Gasteiger partial charge < -0.3 is 15.4 Å². The van der Waals surface area contributed by atoms with Crippen LogP contribution in [-0.2, 0) is 19.2 Å². The second-order valence-corrected chi connectivity index (χ2v) is 7.80. The largest absolute Gasteiger partial charge is 0.357 e. The predicted molar refractivity (Wildman–Crippen MR) is 112 cm³/mol. The number of hydroxylamine groups is 1. The van der Waals surface area contributed by atoms with Crippen molar-refractivity contribution in [3.8, 4) is 0 Å². The summed E-state index contributed by atoms with van der Waals surface area (Å²) in [4.78, 5) is 37.7. The Hall–Kier alpha value is -2.52. The molecule has 2 heterocycles. The Balaban J connectivity index is 1.38. The minimum atomic E-state index is -0.410. The van der Waals surface area contributed by atoms with E-state index < -0.39 is 18.2 Å². The number of nitrogens with one attached hydrogen (secondary N) is 3. The third kappa shape index (κ3) is 7.38. The highest BCUT2D eigenvalue weighted by Crippen LogP contribution is 2.23. The van der Waals surface area contributed by atoms with Gasteiger partial charge in [0, 0.05) is 25.6 Å². The molecule has 9 nitrogen and oxygen atoms in total. The van der Waals surface area contributed by atoms with Crippen LogP contribution in [0.2, 0.25) is 0 Å². The number of ether oxygens (including phenoxy) is 1. The number of carbonyl (C=O) groups excluding carboxylic acids is 2. The van der Waals surface area contributed by atoms with Crippen molar-refractivity contribution in [2.45, 2.75) is 64.2 Å². The molecule has 0 radical (unpaired) electrons. The Morgan fingerprint density at radius 3 is 2.70 bits per heavy atom. The summed E-state index contributed by atoms with van der Waals surface area (Å²) >= 11 is 0. The van der Waals surface area contributed by atoms with Crippen LogP contribution in [0.5, 0.6) is 0 Å². The molecule has 1 aromatic rings. The Kier molecular flexibility index (Phi) is 8.58. The van der Waals surface area contributed by atoms with Crippen LogP contribution in [0.25, 0.3) is 6.08 Å². The van der Waals surface area contributed by atoms with E-state index in [0.29, 0.717) is 24.0 Å². The molecule has 2 atom stereocenters. The van der Waals surface area contributed by atoms with Gasteiger partial charge in [0.05, 0.1) is 18.1 Å². The number of hydrogen-bond donors (Lipinski definition) is 3. The fourth-order valence-corrected chi connectivity index (χ4v) is 3.52. The lowest BCUT2D eigenvalue weighted by molar-refractivity contribution is -0.198. The van der Waals surface area contributed by atoms with Gasteiger partial charge in [-0.05, 0) is 44.6 Å². The van der Waals surface area contributed by atoms with Crippen LogP contribution in [-0.4, -0.2) is 47.3 Å². The summed E-state index contributed by atoms with van der Waals surface area (Å²) in [6.07, 6.45) is 13.2. The Morgan fingerprint density at radius 1 is 1.20 bits per heavy atom. The number of hydrogen-bond acceptors (Lipinski definition) is 7. The highest BCUT2D eigenvalue weighted by atomic mass is 16.8. The highest BCUT2D eigenvalue weighted by Gasteiger charge is 2.18. The second kappa shape index (κ2) is 11.6. The van der Waals surface area contributed by atoms with Crippen LogP contribution >= 0.6 is 0 Å². The van der Waals surface area contributed by atoms with Gasteiger partial charge in [-0.3, -0.25) is 14.6 Å². The lowest BCUT2D eigenvalue weighted by Crippen LogP contribution is -2.39. The predicted octanol–water partition coefficient (Wildman–Crippen LogP) is 2.17. The first-order chi connectivity index (χ1) is 14.6. The number of rotatable bonds is 9. The van der Waals surface area contributed by atoms with E-state index in [9.17, 15) is 9.59 Å². The lowest BCUT2D eigenvalue weighted by atomic mass is 10.1. The summed E-state index contributed by atoms with van der Waals surface area (Å²) in [7, 11) is 0. The van der Waals surface area contributed by atoms with Crippen molar-refractivity contribution in [2.75, 3.05) is 18.5 Å².